The van der Waals surface area contributed by atoms with Crippen LogP contribution in [0.1, 0.15) is 62.0 Å². The van der Waals surface area contributed by atoms with E-state index in [1.54, 1.807) is 60.0 Å². The quantitative estimate of drug-likeness (QED) is 0.112. The van der Waals surface area contributed by atoms with Crippen LogP contribution in [0, 0.1) is 29.1 Å². The number of fused-ring (bicyclic) bond motifs is 2. The molecule has 4 aliphatic rings. The molecule has 0 radical (unpaired) electrons. The molecule has 1 aliphatic heterocycles. The van der Waals surface area contributed by atoms with Gasteiger partial charge in [-0.05, 0) is 92.8 Å². The molecule has 5 N–H and O–H groups in total. The van der Waals surface area contributed by atoms with Gasteiger partial charge in [-0.3, -0.25) is 14.4 Å². The molecule has 0 spiro atoms. The first kappa shape index (κ1) is 50.1. The third kappa shape index (κ3) is 11.1. The van der Waals surface area contributed by atoms with Gasteiger partial charge >= 0.3 is 15.5 Å². The van der Waals surface area contributed by atoms with Crippen LogP contribution in [0.15, 0.2) is 66.7 Å². The number of rotatable bonds is 19. The van der Waals surface area contributed by atoms with Gasteiger partial charge in [0.25, 0.3) is 5.91 Å². The number of amides is 2. The zero-order chi connectivity index (χ0) is 47.6. The molecule has 3 aromatic rings. The van der Waals surface area contributed by atoms with Crippen LogP contribution < -0.4 is 25.0 Å². The highest BCUT2D eigenvalue weighted by Gasteiger charge is 2.57. The van der Waals surface area contributed by atoms with Crippen LogP contribution in [0.3, 0.4) is 0 Å². The maximum atomic E-state index is 14.4. The molecule has 2 bridgehead atoms. The van der Waals surface area contributed by atoms with Crippen LogP contribution in [0.4, 0.5) is 18.9 Å². The van der Waals surface area contributed by atoms with E-state index in [9.17, 15) is 41.4 Å². The van der Waals surface area contributed by atoms with Crippen molar-refractivity contribution < 1.29 is 51.0 Å². The minimum Gasteiger partial charge on any atom is -0.496 e. The smallest absolute Gasteiger partial charge is 0.496 e. The van der Waals surface area contributed by atoms with Gasteiger partial charge in [0.15, 0.2) is 0 Å². The van der Waals surface area contributed by atoms with Gasteiger partial charge in [-0.1, -0.05) is 69.3 Å². The van der Waals surface area contributed by atoms with Gasteiger partial charge in [0, 0.05) is 67.1 Å². The molecule has 1 heterocycles. The number of hydrogen-bond donors (Lipinski definition) is 5. The number of carbonyl (C=O) groups excluding carboxylic acids is 2. The molecule has 65 heavy (non-hydrogen) atoms. The normalized spacial score (nSPS) is 25.1. The molecule has 4 fully saturated rings. The first-order valence-electron chi connectivity index (χ1n) is 22.2. The number of alkyl halides is 3. The third-order valence-electron chi connectivity index (χ3n) is 13.9. The highest BCUT2D eigenvalue weighted by molar-refractivity contribution is 7.90. The molecule has 0 unspecified atom stereocenters. The number of nitrogens with one attached hydrogen (secondary N) is 3. The molecule has 3 aliphatic carbocycles. The Balaban J connectivity index is 1.33. The lowest BCUT2D eigenvalue weighted by Gasteiger charge is -2.62. The molecule has 358 valence electrons. The fraction of sp³-hybridized carbons (Fsp3) is 0.574. The summed E-state index contributed by atoms with van der Waals surface area (Å²) < 4.78 is 70.6. The Bertz CT molecular complexity index is 2250. The van der Waals surface area contributed by atoms with Crippen LogP contribution in [-0.4, -0.2) is 131 Å². The number of methoxy groups -OCH3 is 1. The van der Waals surface area contributed by atoms with Crippen LogP contribution in [0.2, 0.25) is 0 Å². The summed E-state index contributed by atoms with van der Waals surface area (Å²) in [4.78, 5) is 38.4. The Morgan fingerprint density at radius 3 is 2.35 bits per heavy atom. The van der Waals surface area contributed by atoms with Crippen molar-refractivity contribution in [2.75, 3.05) is 59.4 Å². The lowest BCUT2D eigenvalue weighted by atomic mass is 9.45. The SMILES string of the molecule is COc1c(CN2O[C@@H](CO)[C@@H]([C@H](C)O)[C@H]2C(=O)N[C@H]2C[C@@H]3C[C@H]([C@@H]2C)C3(C)C)cccc1-c1cc(C(=O)N[C@@H](Cc2ccccc2)CN(C)C)cc(N(C)CCNS(=O)(=O)C(F)(F)F)c1. The number of likely N-dealkylation sites (N-methyl/N-ethyl adjacent to an activating group) is 2. The number of para-hydroxylation sites is 1. The molecular formula is C47H65F3N6O8S. The van der Waals surface area contributed by atoms with Crippen molar-refractivity contribution in [3.63, 3.8) is 0 Å². The number of hydrogen-bond acceptors (Lipinski definition) is 11. The van der Waals surface area contributed by atoms with Gasteiger partial charge in [0.05, 0.1) is 26.4 Å². The minimum atomic E-state index is -5.59. The molecule has 14 nitrogen and oxygen atoms in total. The number of benzene rings is 3. The predicted octanol–water partition coefficient (Wildman–Crippen LogP) is 4.80. The Kier molecular flexibility index (Phi) is 15.6. The monoisotopic (exact) mass is 930 g/mol. The maximum Gasteiger partial charge on any atom is 0.511 e. The van der Waals surface area contributed by atoms with Crippen LogP contribution in [0.5, 0.6) is 5.75 Å². The summed E-state index contributed by atoms with van der Waals surface area (Å²) in [6.45, 7) is 7.67. The highest BCUT2D eigenvalue weighted by atomic mass is 32.2. The van der Waals surface area contributed by atoms with E-state index < -0.39 is 58.8 Å². The van der Waals surface area contributed by atoms with Crippen molar-refractivity contribution in [2.24, 2.45) is 29.1 Å². The zero-order valence-electron chi connectivity index (χ0n) is 38.4. The minimum absolute atomic E-state index is 0.00527. The number of carbonyl (C=O) groups is 2. The van der Waals surface area contributed by atoms with Gasteiger partial charge < -0.3 is 35.4 Å². The van der Waals surface area contributed by atoms with E-state index in [-0.39, 0.29) is 48.0 Å². The molecular weight excluding hydrogens is 866 g/mol. The molecule has 3 aromatic carbocycles. The van der Waals surface area contributed by atoms with Gasteiger partial charge in [-0.25, -0.2) is 13.1 Å². The third-order valence-corrected chi connectivity index (χ3v) is 15.1. The summed E-state index contributed by atoms with van der Waals surface area (Å²) in [5.74, 6) is 0.123. The predicted molar refractivity (Wildman–Crippen MR) is 242 cm³/mol. The standard InChI is InChI=1S/C47H65F3N6O8S/c1-28-38-23-34(46(38,3)4)24-39(28)53-45(60)42-41(29(2)58)40(27-57)64-56(42)25-31-15-12-16-37(43(31)63-8)32-20-33(22-36(21-32)55(7)18-17-51-65(61,62)47(48,49)50)44(59)52-35(26-54(5)6)19-30-13-10-9-11-14-30/h9-16,20-22,28-29,34-35,38-42,51,57-58H,17-19,23-27H2,1-8H3,(H,52,59)(H,53,60)/t28-,29-,34-,35-,38+,39-,40-,41+,42-/m0/s1. The number of aliphatic hydroxyl groups is 2. The number of sulfonamides is 1. The fourth-order valence-electron chi connectivity index (χ4n) is 10.3. The second kappa shape index (κ2) is 20.3. The van der Waals surface area contributed by atoms with Crippen molar-refractivity contribution in [1.29, 1.82) is 0 Å². The second-order valence-corrected chi connectivity index (χ2v) is 20.6. The number of aliphatic hydroxyl groups excluding tert-OH is 2. The lowest BCUT2D eigenvalue weighted by Crippen LogP contribution is -2.62. The number of hydroxylamine groups is 2. The summed E-state index contributed by atoms with van der Waals surface area (Å²) in [5, 5.41) is 29.4. The highest BCUT2D eigenvalue weighted by Crippen LogP contribution is 2.61. The first-order chi connectivity index (χ1) is 30.6. The average molecular weight is 931 g/mol. The topological polar surface area (TPSA) is 173 Å². The number of halogens is 3. The van der Waals surface area contributed by atoms with Gasteiger partial charge in [0.1, 0.15) is 17.9 Å². The molecule has 2 amide bonds. The second-order valence-electron chi connectivity index (χ2n) is 18.9. The van der Waals surface area contributed by atoms with E-state index in [1.165, 1.54) is 12.2 Å². The van der Waals surface area contributed by atoms with Gasteiger partial charge in [0.2, 0.25) is 5.91 Å². The van der Waals surface area contributed by atoms with E-state index in [0.29, 0.717) is 52.9 Å². The lowest BCUT2D eigenvalue weighted by molar-refractivity contribution is -0.183. The molecule has 0 aromatic heterocycles. The van der Waals surface area contributed by atoms with E-state index in [4.69, 9.17) is 9.57 Å². The van der Waals surface area contributed by atoms with Gasteiger partial charge in [-0.2, -0.15) is 18.2 Å². The average Bonchev–Trinajstić information content (AvgIpc) is 3.62. The van der Waals surface area contributed by atoms with E-state index >= 15 is 0 Å². The van der Waals surface area contributed by atoms with E-state index in [0.717, 1.165) is 18.4 Å². The van der Waals surface area contributed by atoms with Crippen molar-refractivity contribution in [3.05, 3.63) is 83.4 Å². The molecule has 7 rings (SSSR count). The fourth-order valence-corrected chi connectivity index (χ4v) is 10.8. The van der Waals surface area contributed by atoms with Crippen molar-refractivity contribution >= 4 is 27.5 Å². The summed E-state index contributed by atoms with van der Waals surface area (Å²) in [6.07, 6.45) is 0.649. The molecule has 9 atom stereocenters. The maximum absolute atomic E-state index is 14.4. The van der Waals surface area contributed by atoms with E-state index in [2.05, 4.69) is 31.4 Å². The molecule has 18 heteroatoms. The Hall–Kier alpha value is -4.30. The van der Waals surface area contributed by atoms with E-state index in [1.807, 2.05) is 49.3 Å². The Morgan fingerprint density at radius 1 is 1.05 bits per heavy atom. The largest absolute Gasteiger partial charge is 0.511 e. The summed E-state index contributed by atoms with van der Waals surface area (Å²) >= 11 is 0. The van der Waals surface area contributed by atoms with Crippen molar-refractivity contribution in [3.8, 4) is 16.9 Å². The number of nitrogens with zero attached hydrogens (tertiary/aromatic N) is 3. The number of ether oxygens (including phenoxy) is 1. The van der Waals surface area contributed by atoms with Crippen molar-refractivity contribution in [1.82, 2.24) is 25.3 Å². The molecule has 1 saturated heterocycles. The Labute approximate surface area is 380 Å². The summed E-state index contributed by atoms with van der Waals surface area (Å²) in [7, 11) is 1.27. The summed E-state index contributed by atoms with van der Waals surface area (Å²) in [6, 6.07) is 18.7. The van der Waals surface area contributed by atoms with Gasteiger partial charge in [-0.15, -0.1) is 0 Å². The first-order valence-corrected chi connectivity index (χ1v) is 23.6. The van der Waals surface area contributed by atoms with Crippen LogP contribution in [-0.2, 0) is 32.6 Å². The van der Waals surface area contributed by atoms with Crippen LogP contribution >= 0.6 is 0 Å². The van der Waals surface area contributed by atoms with Crippen molar-refractivity contribution in [2.45, 2.75) is 89.3 Å². The molecule has 3 saturated carbocycles. The Morgan fingerprint density at radius 2 is 1.75 bits per heavy atom. The number of anilines is 1. The zero-order valence-corrected chi connectivity index (χ0v) is 39.2. The summed E-state index contributed by atoms with van der Waals surface area (Å²) in [5.41, 5.74) is -2.00. The van der Waals surface area contributed by atoms with Crippen LogP contribution in [0.25, 0.3) is 11.1 Å².